The van der Waals surface area contributed by atoms with E-state index >= 15 is 0 Å². The zero-order chi connectivity index (χ0) is 20.6. The fraction of sp³-hybridized carbons (Fsp3) is 0.0455. The first kappa shape index (κ1) is 20.0. The minimum atomic E-state index is -0.439. The molecular formula is C22H19N3O3S. The van der Waals surface area contributed by atoms with Gasteiger partial charge in [0.1, 0.15) is 5.75 Å². The molecule has 0 aliphatic heterocycles. The van der Waals surface area contributed by atoms with Gasteiger partial charge in [-0.25, -0.2) is 0 Å². The molecule has 0 atom stereocenters. The Kier molecular flexibility index (Phi) is 6.55. The first-order valence-electron chi connectivity index (χ1n) is 8.78. The molecule has 0 radical (unpaired) electrons. The number of para-hydroxylation sites is 1. The molecule has 3 N–H and O–H groups in total. The number of methoxy groups -OCH3 is 1. The molecule has 7 heteroatoms. The fourth-order valence-electron chi connectivity index (χ4n) is 2.76. The first-order valence-corrected chi connectivity index (χ1v) is 9.19. The predicted molar refractivity (Wildman–Crippen MR) is 117 cm³/mol. The van der Waals surface area contributed by atoms with Crippen molar-refractivity contribution in [3.05, 3.63) is 83.9 Å². The van der Waals surface area contributed by atoms with Crippen molar-refractivity contribution in [2.75, 3.05) is 7.11 Å². The Morgan fingerprint density at radius 2 is 1.66 bits per heavy atom. The molecule has 0 unspecified atom stereocenters. The second-order valence-corrected chi connectivity index (χ2v) is 6.41. The smallest absolute Gasteiger partial charge is 0.273 e. The third-order valence-corrected chi connectivity index (χ3v) is 4.32. The van der Waals surface area contributed by atoms with Gasteiger partial charge in [0.25, 0.3) is 5.91 Å². The van der Waals surface area contributed by atoms with Crippen molar-refractivity contribution in [2.24, 2.45) is 0 Å². The summed E-state index contributed by atoms with van der Waals surface area (Å²) in [5, 5.41) is 4.59. The lowest BCUT2D eigenvalue weighted by Crippen LogP contribution is -2.48. The van der Waals surface area contributed by atoms with E-state index in [9.17, 15) is 9.59 Å². The molecule has 0 aromatic heterocycles. The van der Waals surface area contributed by atoms with E-state index < -0.39 is 11.8 Å². The summed E-state index contributed by atoms with van der Waals surface area (Å²) in [6.07, 6.45) is 3.10. The largest absolute Gasteiger partial charge is 0.496 e. The Morgan fingerprint density at radius 1 is 0.931 bits per heavy atom. The fourth-order valence-corrected chi connectivity index (χ4v) is 2.91. The van der Waals surface area contributed by atoms with Gasteiger partial charge in [-0.3, -0.25) is 25.8 Å². The highest BCUT2D eigenvalue weighted by Crippen LogP contribution is 2.19. The van der Waals surface area contributed by atoms with Crippen molar-refractivity contribution in [1.82, 2.24) is 16.2 Å². The van der Waals surface area contributed by atoms with Crippen LogP contribution in [0.25, 0.3) is 16.8 Å². The zero-order valence-corrected chi connectivity index (χ0v) is 16.5. The number of hydrogen-bond donors (Lipinski definition) is 3. The minimum Gasteiger partial charge on any atom is -0.496 e. The lowest BCUT2D eigenvalue weighted by atomic mass is 10.0. The lowest BCUT2D eigenvalue weighted by molar-refractivity contribution is -0.115. The number of nitrogens with one attached hydrogen (secondary N) is 3. The molecule has 0 saturated carbocycles. The SMILES string of the molecule is COc1ccccc1C(=O)NNC(=S)NC(=O)/C=C/c1cccc2ccccc12. The number of benzene rings is 3. The average Bonchev–Trinajstić information content (AvgIpc) is 2.76. The van der Waals surface area contributed by atoms with Gasteiger partial charge in [-0.05, 0) is 46.8 Å². The summed E-state index contributed by atoms with van der Waals surface area (Å²) < 4.78 is 5.14. The summed E-state index contributed by atoms with van der Waals surface area (Å²) in [6, 6.07) is 20.5. The number of fused-ring (bicyclic) bond motifs is 1. The predicted octanol–water partition coefficient (Wildman–Crippen LogP) is 3.20. The van der Waals surface area contributed by atoms with Crippen LogP contribution in [0.3, 0.4) is 0 Å². The van der Waals surface area contributed by atoms with Crippen molar-refractivity contribution in [2.45, 2.75) is 0 Å². The molecule has 3 rings (SSSR count). The minimum absolute atomic E-state index is 0.0270. The van der Waals surface area contributed by atoms with E-state index in [-0.39, 0.29) is 5.11 Å². The standard InChI is InChI=1S/C22H19N3O3S/c1-28-19-12-5-4-11-18(19)21(27)24-25-22(29)23-20(26)14-13-16-9-6-8-15-7-2-3-10-17(15)16/h2-14H,1H3,(H,24,27)(H2,23,25,26,29)/b14-13+. The van der Waals surface area contributed by atoms with E-state index in [1.807, 2.05) is 42.5 Å². The number of thiocarbonyl (C=S) groups is 1. The Bertz CT molecular complexity index is 1090. The van der Waals surface area contributed by atoms with Crippen LogP contribution in [0.1, 0.15) is 15.9 Å². The molecule has 3 aromatic carbocycles. The number of rotatable bonds is 4. The topological polar surface area (TPSA) is 79.5 Å². The number of ether oxygens (including phenoxy) is 1. The molecule has 2 amide bonds. The molecule has 0 saturated heterocycles. The number of amides is 2. The average molecular weight is 405 g/mol. The Hall–Kier alpha value is -3.71. The molecular weight excluding hydrogens is 386 g/mol. The second kappa shape index (κ2) is 9.48. The number of hydrazine groups is 1. The summed E-state index contributed by atoms with van der Waals surface area (Å²) in [5.74, 6) is -0.424. The maximum Gasteiger partial charge on any atom is 0.273 e. The Morgan fingerprint density at radius 3 is 2.48 bits per heavy atom. The summed E-state index contributed by atoms with van der Waals surface area (Å²) in [4.78, 5) is 24.3. The second-order valence-electron chi connectivity index (χ2n) is 6.00. The van der Waals surface area contributed by atoms with Gasteiger partial charge in [0.2, 0.25) is 5.91 Å². The molecule has 146 valence electrons. The zero-order valence-electron chi connectivity index (χ0n) is 15.6. The number of hydrogen-bond acceptors (Lipinski definition) is 4. The Labute approximate surface area is 173 Å². The maximum absolute atomic E-state index is 12.2. The highest BCUT2D eigenvalue weighted by atomic mass is 32.1. The monoisotopic (exact) mass is 405 g/mol. The first-order chi connectivity index (χ1) is 14.1. The van der Waals surface area contributed by atoms with Crippen molar-refractivity contribution in [1.29, 1.82) is 0 Å². The van der Waals surface area contributed by atoms with Crippen molar-refractivity contribution in [3.8, 4) is 5.75 Å². The lowest BCUT2D eigenvalue weighted by Gasteiger charge is -2.11. The van der Waals surface area contributed by atoms with Gasteiger partial charge in [-0.1, -0.05) is 54.6 Å². The van der Waals surface area contributed by atoms with E-state index in [0.717, 1.165) is 16.3 Å². The molecule has 6 nitrogen and oxygen atoms in total. The molecule has 0 bridgehead atoms. The van der Waals surface area contributed by atoms with Gasteiger partial charge in [-0.2, -0.15) is 0 Å². The summed E-state index contributed by atoms with van der Waals surface area (Å²) >= 11 is 5.04. The molecule has 0 spiro atoms. The third kappa shape index (κ3) is 5.18. The van der Waals surface area contributed by atoms with Crippen LogP contribution in [0.2, 0.25) is 0 Å². The van der Waals surface area contributed by atoms with Crippen LogP contribution in [0.5, 0.6) is 5.75 Å². The van der Waals surface area contributed by atoms with E-state index in [2.05, 4.69) is 16.2 Å². The molecule has 0 aliphatic carbocycles. The summed E-state index contributed by atoms with van der Waals surface area (Å²) in [6.45, 7) is 0. The van der Waals surface area contributed by atoms with Gasteiger partial charge in [0, 0.05) is 6.08 Å². The van der Waals surface area contributed by atoms with Crippen LogP contribution in [-0.2, 0) is 4.79 Å². The van der Waals surface area contributed by atoms with Gasteiger partial charge < -0.3 is 4.74 Å². The van der Waals surface area contributed by atoms with Crippen molar-refractivity contribution >= 4 is 46.0 Å². The maximum atomic E-state index is 12.2. The Balaban J connectivity index is 1.56. The van der Waals surface area contributed by atoms with Crippen molar-refractivity contribution < 1.29 is 14.3 Å². The third-order valence-electron chi connectivity index (χ3n) is 4.12. The van der Waals surface area contributed by atoms with Crippen LogP contribution < -0.4 is 20.9 Å². The van der Waals surface area contributed by atoms with Crippen LogP contribution >= 0.6 is 12.2 Å². The van der Waals surface area contributed by atoms with Gasteiger partial charge in [0.05, 0.1) is 12.7 Å². The summed E-state index contributed by atoms with van der Waals surface area (Å²) in [5.41, 5.74) is 6.19. The van der Waals surface area contributed by atoms with E-state index in [4.69, 9.17) is 17.0 Å². The molecule has 0 aliphatic rings. The summed E-state index contributed by atoms with van der Waals surface area (Å²) in [7, 11) is 1.48. The van der Waals surface area contributed by atoms with Crippen LogP contribution in [0.4, 0.5) is 0 Å². The van der Waals surface area contributed by atoms with Gasteiger partial charge in [0.15, 0.2) is 5.11 Å². The van der Waals surface area contributed by atoms with E-state index in [0.29, 0.717) is 11.3 Å². The molecule has 3 aromatic rings. The molecule has 29 heavy (non-hydrogen) atoms. The van der Waals surface area contributed by atoms with E-state index in [1.54, 1.807) is 30.3 Å². The highest BCUT2D eigenvalue weighted by Gasteiger charge is 2.11. The van der Waals surface area contributed by atoms with Crippen LogP contribution in [0.15, 0.2) is 72.8 Å². The van der Waals surface area contributed by atoms with Crippen LogP contribution in [0, 0.1) is 0 Å². The van der Waals surface area contributed by atoms with E-state index in [1.165, 1.54) is 13.2 Å². The van der Waals surface area contributed by atoms with Gasteiger partial charge >= 0.3 is 0 Å². The number of carbonyl (C=O) groups is 2. The normalized spacial score (nSPS) is 10.5. The molecule has 0 heterocycles. The van der Waals surface area contributed by atoms with Crippen LogP contribution in [-0.4, -0.2) is 24.0 Å². The highest BCUT2D eigenvalue weighted by molar-refractivity contribution is 7.80. The van der Waals surface area contributed by atoms with Crippen molar-refractivity contribution in [3.63, 3.8) is 0 Å². The van der Waals surface area contributed by atoms with Gasteiger partial charge in [-0.15, -0.1) is 0 Å². The number of carbonyl (C=O) groups excluding carboxylic acids is 2. The molecule has 0 fully saturated rings. The quantitative estimate of drug-likeness (QED) is 0.353.